The quantitative estimate of drug-likeness (QED) is 0.452. The van der Waals surface area contributed by atoms with Crippen molar-refractivity contribution < 1.29 is 13.8 Å². The van der Waals surface area contributed by atoms with Crippen molar-refractivity contribution in [2.45, 2.75) is 0 Å². The number of rotatable bonds is 4. The molecule has 0 fully saturated rings. The molecule has 0 amide bonds. The number of halogens is 2. The summed E-state index contributed by atoms with van der Waals surface area (Å²) in [6.45, 7) is 0.694. The highest BCUT2D eigenvalue weighted by Crippen LogP contribution is 2.60. The standard InChI is InChI=1S/C3H7ClIO3P/c1-7-2-3-8-9(4,5)6/h2-3H2,1H3. The third-order valence-corrected chi connectivity index (χ3v) is 2.14. The van der Waals surface area contributed by atoms with Gasteiger partial charge in [-0.05, 0) is 11.2 Å². The van der Waals surface area contributed by atoms with Crippen LogP contribution in [0.3, 0.4) is 0 Å². The fraction of sp³-hybridized carbons (Fsp3) is 1.00. The van der Waals surface area contributed by atoms with E-state index in [4.69, 9.17) is 11.2 Å². The number of methoxy groups -OCH3 is 1. The zero-order valence-electron chi connectivity index (χ0n) is 4.84. The van der Waals surface area contributed by atoms with Crippen molar-refractivity contribution in [3.63, 3.8) is 0 Å². The van der Waals surface area contributed by atoms with E-state index in [1.165, 1.54) is 7.11 Å². The first-order chi connectivity index (χ1) is 4.06. The minimum Gasteiger partial charge on any atom is -0.382 e. The lowest BCUT2D eigenvalue weighted by atomic mass is 10.8. The van der Waals surface area contributed by atoms with Crippen LogP contribution < -0.4 is 0 Å². The van der Waals surface area contributed by atoms with E-state index < -0.39 is 4.36 Å². The number of hydrogen-bond acceptors (Lipinski definition) is 3. The summed E-state index contributed by atoms with van der Waals surface area (Å²) in [7, 11) is 1.54. The summed E-state index contributed by atoms with van der Waals surface area (Å²) in [5.41, 5.74) is 0. The van der Waals surface area contributed by atoms with Gasteiger partial charge in [0.25, 0.3) is 0 Å². The second kappa shape index (κ2) is 4.91. The Morgan fingerprint density at radius 1 is 1.67 bits per heavy atom. The third-order valence-electron chi connectivity index (χ3n) is 0.529. The molecule has 0 spiro atoms. The lowest BCUT2D eigenvalue weighted by Gasteiger charge is -2.01. The van der Waals surface area contributed by atoms with Crippen molar-refractivity contribution >= 4 is 37.6 Å². The van der Waals surface area contributed by atoms with Gasteiger partial charge < -0.3 is 9.26 Å². The first-order valence-electron chi connectivity index (χ1n) is 2.19. The summed E-state index contributed by atoms with van der Waals surface area (Å²) >= 11 is 6.79. The SMILES string of the molecule is COCCOP(=O)(Cl)I. The van der Waals surface area contributed by atoms with E-state index in [0.717, 1.165) is 0 Å². The maximum Gasteiger partial charge on any atom is 0.347 e. The van der Waals surface area contributed by atoms with Crippen LogP contribution in [0.4, 0.5) is 0 Å². The van der Waals surface area contributed by atoms with Crippen LogP contribution in [-0.2, 0) is 13.8 Å². The molecule has 0 radical (unpaired) electrons. The maximum absolute atomic E-state index is 10.6. The van der Waals surface area contributed by atoms with Crippen LogP contribution in [0.15, 0.2) is 0 Å². The summed E-state index contributed by atoms with van der Waals surface area (Å²) in [6, 6.07) is 0. The van der Waals surface area contributed by atoms with Crippen LogP contribution in [0, 0.1) is 0 Å². The molecule has 0 aliphatic heterocycles. The molecule has 1 atom stereocenters. The average Bonchev–Trinajstić information content (AvgIpc) is 1.63. The minimum absolute atomic E-state index is 0.278. The van der Waals surface area contributed by atoms with E-state index in [2.05, 4.69) is 9.26 Å². The summed E-state index contributed by atoms with van der Waals surface area (Å²) < 4.78 is 17.0. The molecule has 1 unspecified atom stereocenters. The molecule has 0 aliphatic carbocycles. The summed E-state index contributed by atoms with van der Waals surface area (Å²) in [4.78, 5) is 0. The molecule has 3 nitrogen and oxygen atoms in total. The molecule has 56 valence electrons. The zero-order valence-corrected chi connectivity index (χ0v) is 8.65. The molecule has 0 aromatic carbocycles. The van der Waals surface area contributed by atoms with E-state index in [0.29, 0.717) is 6.61 Å². The Hall–Kier alpha value is 1.17. The topological polar surface area (TPSA) is 35.5 Å². The fourth-order valence-corrected chi connectivity index (χ4v) is 1.31. The predicted octanol–water partition coefficient (Wildman–Crippen LogP) is 2.43. The Morgan fingerprint density at radius 3 is 2.56 bits per heavy atom. The van der Waals surface area contributed by atoms with Gasteiger partial charge in [-0.1, -0.05) is 0 Å². The Labute approximate surface area is 71.8 Å². The number of ether oxygens (including phenoxy) is 1. The molecule has 0 rings (SSSR count). The molecular formula is C3H7ClIO3P. The van der Waals surface area contributed by atoms with Gasteiger partial charge in [0.1, 0.15) is 0 Å². The van der Waals surface area contributed by atoms with Crippen molar-refractivity contribution in [1.82, 2.24) is 0 Å². The van der Waals surface area contributed by atoms with Crippen molar-refractivity contribution in [3.05, 3.63) is 0 Å². The largest absolute Gasteiger partial charge is 0.382 e. The molecule has 0 heterocycles. The molecule has 0 aromatic heterocycles. The molecule has 0 aromatic rings. The lowest BCUT2D eigenvalue weighted by Crippen LogP contribution is -1.96. The molecule has 0 bridgehead atoms. The molecular weight excluding hydrogens is 277 g/mol. The van der Waals surface area contributed by atoms with Crippen LogP contribution in [0.25, 0.3) is 0 Å². The lowest BCUT2D eigenvalue weighted by molar-refractivity contribution is 0.152. The molecule has 0 saturated heterocycles. The van der Waals surface area contributed by atoms with Gasteiger partial charge in [0.15, 0.2) is 0 Å². The van der Waals surface area contributed by atoms with Gasteiger partial charge in [0.2, 0.25) is 0 Å². The Kier molecular flexibility index (Phi) is 5.54. The zero-order chi connectivity index (χ0) is 7.33. The van der Waals surface area contributed by atoms with Crippen LogP contribution >= 0.6 is 37.6 Å². The Balaban J connectivity index is 3.18. The van der Waals surface area contributed by atoms with E-state index in [1.54, 1.807) is 22.0 Å². The normalized spacial score (nSPS) is 17.2. The van der Waals surface area contributed by atoms with E-state index in [9.17, 15) is 4.57 Å². The summed E-state index contributed by atoms with van der Waals surface area (Å²) in [6.07, 6.45) is 0. The van der Waals surface area contributed by atoms with Gasteiger partial charge in [-0.2, -0.15) is 0 Å². The Bertz CT molecular complexity index is 114. The van der Waals surface area contributed by atoms with Crippen LogP contribution in [0.2, 0.25) is 0 Å². The van der Waals surface area contributed by atoms with E-state index in [-0.39, 0.29) is 6.61 Å². The highest BCUT2D eigenvalue weighted by atomic mass is 127. The van der Waals surface area contributed by atoms with Crippen LogP contribution in [0.5, 0.6) is 0 Å². The second-order valence-electron chi connectivity index (χ2n) is 1.24. The monoisotopic (exact) mass is 284 g/mol. The molecule has 6 heteroatoms. The minimum atomic E-state index is -2.83. The van der Waals surface area contributed by atoms with Gasteiger partial charge in [-0.15, -0.1) is 0 Å². The first-order valence-corrected chi connectivity index (χ1v) is 7.50. The summed E-state index contributed by atoms with van der Waals surface area (Å²) in [5.74, 6) is 0. The van der Waals surface area contributed by atoms with Crippen molar-refractivity contribution in [2.24, 2.45) is 0 Å². The van der Waals surface area contributed by atoms with Crippen molar-refractivity contribution in [3.8, 4) is 0 Å². The van der Waals surface area contributed by atoms with Crippen LogP contribution in [-0.4, -0.2) is 20.3 Å². The van der Waals surface area contributed by atoms with Crippen LogP contribution in [0.1, 0.15) is 0 Å². The van der Waals surface area contributed by atoms with Gasteiger partial charge >= 0.3 is 4.36 Å². The van der Waals surface area contributed by atoms with Gasteiger partial charge in [0.05, 0.1) is 13.2 Å². The highest BCUT2D eigenvalue weighted by Gasteiger charge is 2.11. The molecule has 0 saturated carbocycles. The first kappa shape index (κ1) is 10.2. The molecule has 9 heavy (non-hydrogen) atoms. The van der Waals surface area contributed by atoms with E-state index in [1.807, 2.05) is 0 Å². The highest BCUT2D eigenvalue weighted by molar-refractivity contribution is 14.2. The Morgan fingerprint density at radius 2 is 2.22 bits per heavy atom. The second-order valence-corrected chi connectivity index (χ2v) is 9.18. The smallest absolute Gasteiger partial charge is 0.347 e. The molecule has 0 N–H and O–H groups in total. The average molecular weight is 284 g/mol. The number of hydrogen-bond donors (Lipinski definition) is 0. The van der Waals surface area contributed by atoms with Gasteiger partial charge in [-0.25, -0.2) is 0 Å². The summed E-state index contributed by atoms with van der Waals surface area (Å²) in [5, 5.41) is 0. The van der Waals surface area contributed by atoms with E-state index >= 15 is 0 Å². The fourth-order valence-electron chi connectivity index (χ4n) is 0.227. The predicted molar refractivity (Wildman–Crippen MR) is 45.3 cm³/mol. The van der Waals surface area contributed by atoms with Gasteiger partial charge in [-0.3, -0.25) is 4.57 Å². The molecule has 0 aliphatic rings. The third kappa shape index (κ3) is 9.17. The van der Waals surface area contributed by atoms with Crippen molar-refractivity contribution in [1.29, 1.82) is 0 Å². The van der Waals surface area contributed by atoms with Gasteiger partial charge in [0, 0.05) is 29.2 Å². The maximum atomic E-state index is 10.6. The van der Waals surface area contributed by atoms with Crippen molar-refractivity contribution in [2.75, 3.05) is 20.3 Å².